The maximum Gasteiger partial charge on any atom is 0.254 e. The fourth-order valence-corrected chi connectivity index (χ4v) is 4.44. The van der Waals surface area contributed by atoms with Gasteiger partial charge in [0.1, 0.15) is 5.82 Å². The summed E-state index contributed by atoms with van der Waals surface area (Å²) in [4.78, 5) is 14.9. The Labute approximate surface area is 174 Å². The molecular weight excluding hydrogens is 384 g/mol. The van der Waals surface area contributed by atoms with Crippen LogP contribution in [0.2, 0.25) is 0 Å². The number of nitrogens with zero attached hydrogens (tertiary/aromatic N) is 4. The number of morpholine rings is 1. The second-order valence-electron chi connectivity index (χ2n) is 7.05. The van der Waals surface area contributed by atoms with Gasteiger partial charge in [0.25, 0.3) is 5.91 Å². The van der Waals surface area contributed by atoms with E-state index < -0.39 is 0 Å². The van der Waals surface area contributed by atoms with Crippen molar-refractivity contribution in [2.24, 2.45) is 0 Å². The Kier molecular flexibility index (Phi) is 5.97. The molecule has 3 aromatic rings. The lowest BCUT2D eigenvalue weighted by molar-refractivity contribution is 0.0302. The van der Waals surface area contributed by atoms with E-state index in [1.165, 1.54) is 5.56 Å². The first-order chi connectivity index (χ1) is 14.1. The first kappa shape index (κ1) is 19.7. The van der Waals surface area contributed by atoms with Crippen LogP contribution in [0.15, 0.2) is 53.7 Å². The van der Waals surface area contributed by atoms with E-state index in [0.29, 0.717) is 32.1 Å². The highest BCUT2D eigenvalue weighted by Gasteiger charge is 2.21. The van der Waals surface area contributed by atoms with E-state index in [0.717, 1.165) is 27.8 Å². The van der Waals surface area contributed by atoms with E-state index in [9.17, 15) is 4.79 Å². The maximum absolute atomic E-state index is 13.0. The van der Waals surface area contributed by atoms with Crippen molar-refractivity contribution in [2.45, 2.75) is 24.8 Å². The van der Waals surface area contributed by atoms with Gasteiger partial charge in [-0.25, -0.2) is 0 Å². The summed E-state index contributed by atoms with van der Waals surface area (Å²) in [5, 5.41) is 9.46. The molecule has 2 aromatic carbocycles. The zero-order valence-corrected chi connectivity index (χ0v) is 17.5. The smallest absolute Gasteiger partial charge is 0.254 e. The maximum atomic E-state index is 13.0. The van der Waals surface area contributed by atoms with Gasteiger partial charge in [-0.05, 0) is 43.2 Å². The van der Waals surface area contributed by atoms with E-state index >= 15 is 0 Å². The number of amides is 1. The second kappa shape index (κ2) is 8.80. The monoisotopic (exact) mass is 408 g/mol. The molecule has 0 radical (unpaired) electrons. The molecule has 0 spiro atoms. The molecule has 0 atom stereocenters. The van der Waals surface area contributed by atoms with Gasteiger partial charge in [-0.15, -0.1) is 10.2 Å². The topological polar surface area (TPSA) is 60.2 Å². The van der Waals surface area contributed by atoms with E-state index in [2.05, 4.69) is 39.9 Å². The van der Waals surface area contributed by atoms with Gasteiger partial charge in [0, 0.05) is 30.1 Å². The summed E-state index contributed by atoms with van der Waals surface area (Å²) >= 11 is 1.59. The number of aromatic nitrogens is 3. The highest BCUT2D eigenvalue weighted by molar-refractivity contribution is 7.98. The van der Waals surface area contributed by atoms with Crippen LogP contribution in [0.3, 0.4) is 0 Å². The number of hydrogen-bond donors (Lipinski definition) is 0. The van der Waals surface area contributed by atoms with Gasteiger partial charge in [0.15, 0.2) is 5.16 Å². The Balaban J connectivity index is 1.56. The molecule has 1 aromatic heterocycles. The van der Waals surface area contributed by atoms with E-state index in [1.54, 1.807) is 11.8 Å². The van der Waals surface area contributed by atoms with E-state index in [-0.39, 0.29) is 5.91 Å². The third-order valence-electron chi connectivity index (χ3n) is 4.96. The van der Waals surface area contributed by atoms with Crippen molar-refractivity contribution >= 4 is 17.7 Å². The van der Waals surface area contributed by atoms with Crippen LogP contribution in [-0.2, 0) is 10.5 Å². The van der Waals surface area contributed by atoms with Crippen LogP contribution >= 0.6 is 11.8 Å². The lowest BCUT2D eigenvalue weighted by atomic mass is 10.1. The molecule has 2 heterocycles. The average Bonchev–Trinajstić information content (AvgIpc) is 3.13. The number of benzene rings is 2. The molecule has 1 saturated heterocycles. The number of thioether (sulfide) groups is 1. The molecule has 0 unspecified atom stereocenters. The summed E-state index contributed by atoms with van der Waals surface area (Å²) in [5.41, 5.74) is 3.99. The molecule has 0 saturated carbocycles. The molecule has 29 heavy (non-hydrogen) atoms. The number of carbonyl (C=O) groups excluding carboxylic acids is 1. The summed E-state index contributed by atoms with van der Waals surface area (Å²) in [6.07, 6.45) is 0. The minimum Gasteiger partial charge on any atom is -0.378 e. The largest absolute Gasteiger partial charge is 0.378 e. The number of ether oxygens (including phenoxy) is 1. The Morgan fingerprint density at radius 1 is 1.07 bits per heavy atom. The van der Waals surface area contributed by atoms with Gasteiger partial charge in [0.2, 0.25) is 0 Å². The fraction of sp³-hybridized carbons (Fsp3) is 0.318. The normalized spacial score (nSPS) is 14.2. The molecule has 7 heteroatoms. The van der Waals surface area contributed by atoms with Crippen molar-refractivity contribution in [1.82, 2.24) is 19.7 Å². The first-order valence-corrected chi connectivity index (χ1v) is 10.7. The van der Waals surface area contributed by atoms with Crippen molar-refractivity contribution in [3.63, 3.8) is 0 Å². The van der Waals surface area contributed by atoms with Gasteiger partial charge >= 0.3 is 0 Å². The summed E-state index contributed by atoms with van der Waals surface area (Å²) in [6.45, 7) is 6.50. The van der Waals surface area contributed by atoms with Crippen molar-refractivity contribution in [3.05, 3.63) is 71.0 Å². The highest BCUT2D eigenvalue weighted by Crippen LogP contribution is 2.27. The van der Waals surface area contributed by atoms with Crippen LogP contribution in [0.25, 0.3) is 5.69 Å². The molecule has 0 aliphatic carbocycles. The van der Waals surface area contributed by atoms with Gasteiger partial charge in [-0.2, -0.15) is 0 Å². The van der Waals surface area contributed by atoms with Gasteiger partial charge in [0.05, 0.1) is 13.2 Å². The third-order valence-corrected chi connectivity index (χ3v) is 5.94. The molecule has 0 bridgehead atoms. The molecule has 0 N–H and O–H groups in total. The number of carbonyl (C=O) groups is 1. The van der Waals surface area contributed by atoms with E-state index in [1.807, 2.05) is 42.2 Å². The lowest BCUT2D eigenvalue weighted by Crippen LogP contribution is -2.41. The summed E-state index contributed by atoms with van der Waals surface area (Å²) in [6, 6.07) is 16.1. The lowest BCUT2D eigenvalue weighted by Gasteiger charge is -2.27. The van der Waals surface area contributed by atoms with Crippen molar-refractivity contribution in [1.29, 1.82) is 0 Å². The summed E-state index contributed by atoms with van der Waals surface area (Å²) < 4.78 is 7.43. The molecule has 1 aliphatic heterocycles. The fourth-order valence-electron chi connectivity index (χ4n) is 3.43. The van der Waals surface area contributed by atoms with Crippen LogP contribution in [0, 0.1) is 13.8 Å². The van der Waals surface area contributed by atoms with Crippen LogP contribution in [0.5, 0.6) is 0 Å². The minimum atomic E-state index is 0.0702. The van der Waals surface area contributed by atoms with E-state index in [4.69, 9.17) is 4.74 Å². The van der Waals surface area contributed by atoms with Crippen LogP contribution in [0.4, 0.5) is 0 Å². The molecule has 1 aliphatic rings. The molecule has 1 fully saturated rings. The quantitative estimate of drug-likeness (QED) is 0.603. The predicted octanol–water partition coefficient (Wildman–Crippen LogP) is 3.65. The molecule has 4 rings (SSSR count). The number of aryl methyl sites for hydroxylation is 2. The Bertz CT molecular complexity index is 1010. The van der Waals surface area contributed by atoms with Crippen LogP contribution in [0.1, 0.15) is 27.3 Å². The highest BCUT2D eigenvalue weighted by atomic mass is 32.2. The molecule has 150 valence electrons. The molecular formula is C22H24N4O2S. The Morgan fingerprint density at radius 3 is 2.66 bits per heavy atom. The van der Waals surface area contributed by atoms with Crippen LogP contribution < -0.4 is 0 Å². The Morgan fingerprint density at radius 2 is 1.86 bits per heavy atom. The SMILES string of the molecule is Cc1cccc(-n2c(C)nnc2SCc2ccccc2C(=O)N2CCOCC2)c1. The third kappa shape index (κ3) is 4.36. The van der Waals surface area contributed by atoms with Gasteiger partial charge in [-0.3, -0.25) is 9.36 Å². The summed E-state index contributed by atoms with van der Waals surface area (Å²) in [5.74, 6) is 1.56. The van der Waals surface area contributed by atoms with Gasteiger partial charge < -0.3 is 9.64 Å². The molecule has 1 amide bonds. The van der Waals surface area contributed by atoms with Crippen molar-refractivity contribution in [2.75, 3.05) is 26.3 Å². The summed E-state index contributed by atoms with van der Waals surface area (Å²) in [7, 11) is 0. The minimum absolute atomic E-state index is 0.0702. The number of hydrogen-bond acceptors (Lipinski definition) is 5. The van der Waals surface area contributed by atoms with Crippen LogP contribution in [-0.4, -0.2) is 51.9 Å². The first-order valence-electron chi connectivity index (χ1n) is 9.70. The molecule has 6 nitrogen and oxygen atoms in total. The van der Waals surface area contributed by atoms with Crippen molar-refractivity contribution < 1.29 is 9.53 Å². The average molecular weight is 409 g/mol. The zero-order valence-electron chi connectivity index (χ0n) is 16.7. The zero-order chi connectivity index (χ0) is 20.2. The Hall–Kier alpha value is -2.64. The number of rotatable bonds is 5. The van der Waals surface area contributed by atoms with Crippen molar-refractivity contribution in [3.8, 4) is 5.69 Å². The standard InChI is InChI=1S/C22H24N4O2S/c1-16-6-5-8-19(14-16)26-17(2)23-24-22(26)29-15-18-7-3-4-9-20(18)21(27)25-10-12-28-13-11-25/h3-9,14H,10-13,15H2,1-2H3. The second-order valence-corrected chi connectivity index (χ2v) is 8.00. The predicted molar refractivity (Wildman–Crippen MR) is 114 cm³/mol. The van der Waals surface area contributed by atoms with Gasteiger partial charge in [-0.1, -0.05) is 42.1 Å².